The van der Waals surface area contributed by atoms with Crippen LogP contribution >= 0.6 is 23.2 Å². The van der Waals surface area contributed by atoms with Crippen LogP contribution in [0.1, 0.15) is 15.9 Å². The lowest BCUT2D eigenvalue weighted by Crippen LogP contribution is -2.05. The summed E-state index contributed by atoms with van der Waals surface area (Å²) in [6.07, 6.45) is 1.33. The molecular formula is C11H10Cl2O4. The van der Waals surface area contributed by atoms with E-state index in [9.17, 15) is 4.79 Å². The van der Waals surface area contributed by atoms with Crippen molar-refractivity contribution < 1.29 is 19.4 Å². The minimum absolute atomic E-state index is 0.0419. The Bertz CT molecular complexity index is 465. The van der Waals surface area contributed by atoms with Crippen LogP contribution in [0.2, 0.25) is 0 Å². The lowest BCUT2D eigenvalue weighted by Gasteiger charge is -2.12. The smallest absolute Gasteiger partial charge is 0.340 e. The van der Waals surface area contributed by atoms with Crippen LogP contribution in [0, 0.1) is 0 Å². The van der Waals surface area contributed by atoms with Gasteiger partial charge in [-0.25, -0.2) is 4.79 Å². The molecule has 0 saturated heterocycles. The van der Waals surface area contributed by atoms with Gasteiger partial charge in [-0.05, 0) is 17.7 Å². The fourth-order valence-corrected chi connectivity index (χ4v) is 1.64. The highest BCUT2D eigenvalue weighted by Crippen LogP contribution is 2.34. The van der Waals surface area contributed by atoms with Crippen LogP contribution in [0.4, 0.5) is 0 Å². The van der Waals surface area contributed by atoms with E-state index in [-0.39, 0.29) is 15.8 Å². The fraction of sp³-hybridized carbons (Fsp3) is 0.182. The predicted molar refractivity (Wildman–Crippen MR) is 66.2 cm³/mol. The number of carboxylic acid groups (broad SMARTS) is 1. The number of aromatic carboxylic acids is 1. The summed E-state index contributed by atoms with van der Waals surface area (Å²) in [4.78, 5) is 11.2. The van der Waals surface area contributed by atoms with Gasteiger partial charge in [-0.1, -0.05) is 29.3 Å². The molecule has 1 N–H and O–H groups in total. The Morgan fingerprint density at radius 3 is 2.35 bits per heavy atom. The fourth-order valence-electron chi connectivity index (χ4n) is 1.40. The number of hydrogen-bond acceptors (Lipinski definition) is 3. The molecule has 0 aliphatic heterocycles. The van der Waals surface area contributed by atoms with Crippen molar-refractivity contribution in [3.05, 3.63) is 27.8 Å². The summed E-state index contributed by atoms with van der Waals surface area (Å²) in [5, 5.41) is 9.16. The SMILES string of the molecule is COc1ccc(C=C(Cl)Cl)c(C(=O)O)c1OC. The summed E-state index contributed by atoms with van der Waals surface area (Å²) in [6, 6.07) is 3.11. The summed E-state index contributed by atoms with van der Waals surface area (Å²) >= 11 is 11.0. The Balaban J connectivity index is 3.53. The highest BCUT2D eigenvalue weighted by molar-refractivity contribution is 6.57. The van der Waals surface area contributed by atoms with E-state index in [4.69, 9.17) is 37.8 Å². The summed E-state index contributed by atoms with van der Waals surface area (Å²) in [5.74, 6) is -0.697. The molecule has 92 valence electrons. The molecule has 0 aliphatic carbocycles. The highest BCUT2D eigenvalue weighted by Gasteiger charge is 2.19. The maximum Gasteiger partial charge on any atom is 0.340 e. The second-order valence-electron chi connectivity index (χ2n) is 3.00. The van der Waals surface area contributed by atoms with Crippen LogP contribution in [0.25, 0.3) is 6.08 Å². The first-order valence-corrected chi connectivity index (χ1v) is 5.27. The molecule has 0 unspecified atom stereocenters. The predicted octanol–water partition coefficient (Wildman–Crippen LogP) is 3.18. The minimum atomic E-state index is -1.15. The first-order chi connectivity index (χ1) is 8.01. The highest BCUT2D eigenvalue weighted by atomic mass is 35.5. The zero-order chi connectivity index (χ0) is 13.0. The molecule has 0 atom stereocenters. The number of ether oxygens (including phenoxy) is 2. The molecule has 0 aromatic heterocycles. The Labute approximate surface area is 108 Å². The van der Waals surface area contributed by atoms with Crippen molar-refractivity contribution in [2.24, 2.45) is 0 Å². The molecule has 0 amide bonds. The van der Waals surface area contributed by atoms with Gasteiger partial charge in [0.25, 0.3) is 0 Å². The molecule has 0 radical (unpaired) electrons. The van der Waals surface area contributed by atoms with Crippen molar-refractivity contribution in [3.63, 3.8) is 0 Å². The van der Waals surface area contributed by atoms with Crippen LogP contribution in [0.15, 0.2) is 16.6 Å². The van der Waals surface area contributed by atoms with Gasteiger partial charge >= 0.3 is 5.97 Å². The first-order valence-electron chi connectivity index (χ1n) is 4.52. The molecular weight excluding hydrogens is 267 g/mol. The lowest BCUT2D eigenvalue weighted by molar-refractivity contribution is 0.0692. The average Bonchev–Trinajstić information content (AvgIpc) is 2.26. The molecule has 4 nitrogen and oxygen atoms in total. The summed E-state index contributed by atoms with van der Waals surface area (Å²) in [6.45, 7) is 0. The van der Waals surface area contributed by atoms with Gasteiger partial charge < -0.3 is 14.6 Å². The van der Waals surface area contributed by atoms with Gasteiger partial charge in [0.2, 0.25) is 0 Å². The molecule has 1 aromatic rings. The first kappa shape index (κ1) is 13.7. The van der Waals surface area contributed by atoms with E-state index in [0.29, 0.717) is 11.3 Å². The van der Waals surface area contributed by atoms with Crippen LogP contribution in [-0.4, -0.2) is 25.3 Å². The Hall–Kier alpha value is -1.39. The Morgan fingerprint density at radius 2 is 1.94 bits per heavy atom. The van der Waals surface area contributed by atoms with Gasteiger partial charge in [0.1, 0.15) is 10.1 Å². The third kappa shape index (κ3) is 3.05. The van der Waals surface area contributed by atoms with Gasteiger partial charge in [-0.15, -0.1) is 0 Å². The number of carbonyl (C=O) groups is 1. The standard InChI is InChI=1S/C11H10Cl2O4/c1-16-7-4-3-6(5-8(12)13)9(11(14)15)10(7)17-2/h3-5H,1-2H3,(H,14,15). The Kier molecular flexibility index (Phi) is 4.66. The number of methoxy groups -OCH3 is 2. The summed E-state index contributed by atoms with van der Waals surface area (Å²) in [5.41, 5.74) is 0.292. The molecule has 0 aliphatic rings. The summed E-state index contributed by atoms with van der Waals surface area (Å²) < 4.78 is 10.00. The molecule has 6 heteroatoms. The van der Waals surface area contributed by atoms with Gasteiger partial charge in [-0.2, -0.15) is 0 Å². The molecule has 0 spiro atoms. The quantitative estimate of drug-likeness (QED) is 0.918. The van der Waals surface area contributed by atoms with Gasteiger partial charge in [0.05, 0.1) is 14.2 Å². The monoisotopic (exact) mass is 276 g/mol. The minimum Gasteiger partial charge on any atom is -0.493 e. The second-order valence-corrected chi connectivity index (χ2v) is 4.01. The Morgan fingerprint density at radius 1 is 1.29 bits per heavy atom. The largest absolute Gasteiger partial charge is 0.493 e. The number of hydrogen-bond donors (Lipinski definition) is 1. The van der Waals surface area contributed by atoms with Crippen LogP contribution < -0.4 is 9.47 Å². The van der Waals surface area contributed by atoms with E-state index >= 15 is 0 Å². The molecule has 0 saturated carbocycles. The zero-order valence-corrected chi connectivity index (χ0v) is 10.7. The van der Waals surface area contributed by atoms with Gasteiger partial charge in [0, 0.05) is 0 Å². The van der Waals surface area contributed by atoms with E-state index < -0.39 is 5.97 Å². The van der Waals surface area contributed by atoms with Crippen molar-refractivity contribution in [1.82, 2.24) is 0 Å². The molecule has 0 bridgehead atoms. The maximum atomic E-state index is 11.2. The van der Waals surface area contributed by atoms with Crippen LogP contribution in [0.3, 0.4) is 0 Å². The van der Waals surface area contributed by atoms with E-state index in [1.807, 2.05) is 0 Å². The topological polar surface area (TPSA) is 55.8 Å². The zero-order valence-electron chi connectivity index (χ0n) is 9.16. The van der Waals surface area contributed by atoms with Crippen LogP contribution in [-0.2, 0) is 0 Å². The molecule has 1 aromatic carbocycles. The summed E-state index contributed by atoms with van der Waals surface area (Å²) in [7, 11) is 2.79. The molecule has 17 heavy (non-hydrogen) atoms. The van der Waals surface area contributed by atoms with Gasteiger partial charge in [0.15, 0.2) is 11.5 Å². The second kappa shape index (κ2) is 5.80. The lowest BCUT2D eigenvalue weighted by atomic mass is 10.1. The van der Waals surface area contributed by atoms with Gasteiger partial charge in [-0.3, -0.25) is 0 Å². The van der Waals surface area contributed by atoms with E-state index in [1.54, 1.807) is 6.07 Å². The number of halogens is 2. The van der Waals surface area contributed by atoms with Crippen molar-refractivity contribution in [2.45, 2.75) is 0 Å². The molecule has 1 rings (SSSR count). The number of carboxylic acids is 1. The van der Waals surface area contributed by atoms with E-state index in [1.165, 1.54) is 26.4 Å². The normalized spacial score (nSPS) is 9.65. The number of rotatable bonds is 4. The van der Waals surface area contributed by atoms with Crippen molar-refractivity contribution in [3.8, 4) is 11.5 Å². The maximum absolute atomic E-state index is 11.2. The number of benzene rings is 1. The van der Waals surface area contributed by atoms with Crippen molar-refractivity contribution in [1.29, 1.82) is 0 Å². The van der Waals surface area contributed by atoms with Crippen molar-refractivity contribution in [2.75, 3.05) is 14.2 Å². The van der Waals surface area contributed by atoms with Crippen molar-refractivity contribution >= 4 is 35.2 Å². The average molecular weight is 277 g/mol. The van der Waals surface area contributed by atoms with E-state index in [0.717, 1.165) is 0 Å². The molecule has 0 heterocycles. The molecule has 0 fully saturated rings. The third-order valence-electron chi connectivity index (χ3n) is 2.06. The van der Waals surface area contributed by atoms with E-state index in [2.05, 4.69) is 0 Å². The third-order valence-corrected chi connectivity index (χ3v) is 2.27. The van der Waals surface area contributed by atoms with Crippen LogP contribution in [0.5, 0.6) is 11.5 Å².